The number of nitrogens with zero attached hydrogens (tertiary/aromatic N) is 1. The van der Waals surface area contributed by atoms with E-state index in [1.807, 2.05) is 0 Å². The minimum absolute atomic E-state index is 0.130. The number of aliphatic carboxylic acids is 1. The largest absolute Gasteiger partial charge is 0.481 e. The Morgan fingerprint density at radius 2 is 2.24 bits per heavy atom. The van der Waals surface area contributed by atoms with Crippen molar-refractivity contribution >= 4 is 23.2 Å². The third-order valence-electron chi connectivity index (χ3n) is 2.01. The van der Waals surface area contributed by atoms with E-state index in [2.05, 4.69) is 10.3 Å². The number of hydrogen-bond donors (Lipinski definition) is 3. The van der Waals surface area contributed by atoms with Gasteiger partial charge in [0.2, 0.25) is 0 Å². The fourth-order valence-electron chi connectivity index (χ4n) is 1.22. The summed E-state index contributed by atoms with van der Waals surface area (Å²) in [5.41, 5.74) is -1.19. The molecule has 94 valence electrons. The first kappa shape index (κ1) is 13.6. The summed E-state index contributed by atoms with van der Waals surface area (Å²) in [6, 6.07) is 0. The predicted octanol–water partition coefficient (Wildman–Crippen LogP) is 0.407. The van der Waals surface area contributed by atoms with E-state index in [0.29, 0.717) is 0 Å². The molecule has 1 aromatic rings. The zero-order chi connectivity index (χ0) is 13.1. The Morgan fingerprint density at radius 1 is 1.59 bits per heavy atom. The molecule has 0 bridgehead atoms. The number of thiazole rings is 1. The molecule has 6 nitrogen and oxygen atoms in total. The third kappa shape index (κ3) is 4.49. The number of aromatic nitrogens is 1. The van der Waals surface area contributed by atoms with E-state index < -0.39 is 23.9 Å². The van der Waals surface area contributed by atoms with Crippen LogP contribution in [-0.4, -0.2) is 39.2 Å². The molecule has 1 amide bonds. The smallest absolute Gasteiger partial charge is 0.306 e. The highest BCUT2D eigenvalue weighted by Gasteiger charge is 2.25. The number of aliphatic hydroxyl groups is 1. The molecule has 0 aliphatic rings. The monoisotopic (exact) mass is 258 g/mol. The topological polar surface area (TPSA) is 99.5 Å². The summed E-state index contributed by atoms with van der Waals surface area (Å²) in [4.78, 5) is 26.0. The minimum Gasteiger partial charge on any atom is -0.481 e. The van der Waals surface area contributed by atoms with Crippen molar-refractivity contribution in [3.63, 3.8) is 0 Å². The lowest BCUT2D eigenvalue weighted by Gasteiger charge is -2.20. The van der Waals surface area contributed by atoms with E-state index in [1.54, 1.807) is 12.3 Å². The number of carboxylic acid groups (broad SMARTS) is 1. The van der Waals surface area contributed by atoms with Crippen LogP contribution in [0.15, 0.2) is 5.38 Å². The van der Waals surface area contributed by atoms with Gasteiger partial charge in [0, 0.05) is 11.9 Å². The van der Waals surface area contributed by atoms with E-state index in [9.17, 15) is 14.7 Å². The van der Waals surface area contributed by atoms with Crippen molar-refractivity contribution in [1.29, 1.82) is 0 Å². The van der Waals surface area contributed by atoms with Crippen molar-refractivity contribution in [3.05, 3.63) is 16.1 Å². The minimum atomic E-state index is -1.47. The van der Waals surface area contributed by atoms with E-state index in [-0.39, 0.29) is 12.2 Å². The summed E-state index contributed by atoms with van der Waals surface area (Å²) in [6.45, 7) is 3.00. The molecule has 0 fully saturated rings. The second kappa shape index (κ2) is 5.24. The van der Waals surface area contributed by atoms with Crippen LogP contribution in [0.1, 0.15) is 28.8 Å². The highest BCUT2D eigenvalue weighted by atomic mass is 32.1. The third-order valence-corrected chi connectivity index (χ3v) is 2.79. The Morgan fingerprint density at radius 3 is 2.71 bits per heavy atom. The van der Waals surface area contributed by atoms with E-state index in [1.165, 1.54) is 18.3 Å². The van der Waals surface area contributed by atoms with Crippen molar-refractivity contribution in [2.24, 2.45) is 0 Å². The number of nitrogens with one attached hydrogen (secondary N) is 1. The van der Waals surface area contributed by atoms with Gasteiger partial charge in [0.05, 0.1) is 17.0 Å². The summed E-state index contributed by atoms with van der Waals surface area (Å²) in [6.07, 6.45) is -0.427. The highest BCUT2D eigenvalue weighted by Crippen LogP contribution is 2.10. The van der Waals surface area contributed by atoms with Gasteiger partial charge in [0.15, 0.2) is 0 Å². The molecule has 0 aliphatic carbocycles. The quantitative estimate of drug-likeness (QED) is 0.710. The van der Waals surface area contributed by atoms with Gasteiger partial charge in [0.25, 0.3) is 5.91 Å². The Labute approximate surface area is 102 Å². The Hall–Kier alpha value is -1.47. The van der Waals surface area contributed by atoms with E-state index in [4.69, 9.17) is 5.11 Å². The molecular weight excluding hydrogens is 244 g/mol. The maximum atomic E-state index is 11.6. The van der Waals surface area contributed by atoms with Crippen molar-refractivity contribution in [1.82, 2.24) is 10.3 Å². The fraction of sp³-hybridized carbons (Fsp3) is 0.500. The SMILES string of the molecule is Cc1nc(C(=O)NCC(C)(O)CC(=O)O)cs1. The molecule has 1 heterocycles. The second-order valence-corrected chi connectivity index (χ2v) is 5.06. The van der Waals surface area contributed by atoms with Crippen LogP contribution >= 0.6 is 11.3 Å². The highest BCUT2D eigenvalue weighted by molar-refractivity contribution is 7.09. The van der Waals surface area contributed by atoms with Crippen LogP contribution in [0, 0.1) is 6.92 Å². The lowest BCUT2D eigenvalue weighted by molar-refractivity contribution is -0.141. The second-order valence-electron chi connectivity index (χ2n) is 4.00. The Kier molecular flexibility index (Phi) is 4.19. The normalized spacial score (nSPS) is 14.1. The molecule has 0 spiro atoms. The first-order chi connectivity index (χ1) is 7.80. The molecule has 1 atom stereocenters. The van der Waals surface area contributed by atoms with E-state index in [0.717, 1.165) is 5.01 Å². The van der Waals surface area contributed by atoms with Crippen molar-refractivity contribution in [2.45, 2.75) is 25.9 Å². The van der Waals surface area contributed by atoms with Crippen LogP contribution in [0.3, 0.4) is 0 Å². The van der Waals surface area contributed by atoms with E-state index >= 15 is 0 Å². The molecule has 7 heteroatoms. The van der Waals surface area contributed by atoms with Gasteiger partial charge in [-0.2, -0.15) is 0 Å². The van der Waals surface area contributed by atoms with Crippen molar-refractivity contribution < 1.29 is 19.8 Å². The summed E-state index contributed by atoms with van der Waals surface area (Å²) in [7, 11) is 0. The molecule has 17 heavy (non-hydrogen) atoms. The van der Waals surface area contributed by atoms with Gasteiger partial charge in [-0.05, 0) is 13.8 Å². The molecule has 0 aromatic carbocycles. The zero-order valence-corrected chi connectivity index (χ0v) is 10.4. The van der Waals surface area contributed by atoms with Gasteiger partial charge < -0.3 is 15.5 Å². The number of rotatable bonds is 5. The first-order valence-electron chi connectivity index (χ1n) is 4.95. The number of amides is 1. The summed E-state index contributed by atoms with van der Waals surface area (Å²) < 4.78 is 0. The molecule has 0 saturated carbocycles. The van der Waals surface area contributed by atoms with Gasteiger partial charge >= 0.3 is 5.97 Å². The molecule has 1 aromatic heterocycles. The molecule has 3 N–H and O–H groups in total. The van der Waals surface area contributed by atoms with Crippen LogP contribution in [0.2, 0.25) is 0 Å². The van der Waals surface area contributed by atoms with Crippen LogP contribution in [0.4, 0.5) is 0 Å². The molecule has 1 unspecified atom stereocenters. The number of carbonyl (C=O) groups excluding carboxylic acids is 1. The van der Waals surface area contributed by atoms with Gasteiger partial charge in [-0.25, -0.2) is 4.98 Å². The average Bonchev–Trinajstić information content (AvgIpc) is 2.59. The summed E-state index contributed by atoms with van der Waals surface area (Å²) in [5.74, 6) is -1.53. The Bertz CT molecular complexity index is 428. The average molecular weight is 258 g/mol. The molecule has 0 radical (unpaired) electrons. The number of hydrogen-bond acceptors (Lipinski definition) is 5. The van der Waals surface area contributed by atoms with Crippen molar-refractivity contribution in [2.75, 3.05) is 6.54 Å². The van der Waals surface area contributed by atoms with Gasteiger partial charge in [0.1, 0.15) is 5.69 Å². The number of carbonyl (C=O) groups is 2. The first-order valence-corrected chi connectivity index (χ1v) is 5.83. The Balaban J connectivity index is 2.51. The maximum Gasteiger partial charge on any atom is 0.306 e. The van der Waals surface area contributed by atoms with Gasteiger partial charge in [-0.1, -0.05) is 0 Å². The van der Waals surface area contributed by atoms with Gasteiger partial charge in [-0.15, -0.1) is 11.3 Å². The fourth-order valence-corrected chi connectivity index (χ4v) is 1.81. The lowest BCUT2D eigenvalue weighted by atomic mass is 10.0. The van der Waals surface area contributed by atoms with Crippen LogP contribution in [0.5, 0.6) is 0 Å². The standard InChI is InChI=1S/C10H14N2O4S/c1-6-12-7(4-17-6)9(15)11-5-10(2,16)3-8(13)14/h4,16H,3,5H2,1-2H3,(H,11,15)(H,13,14). The van der Waals surface area contributed by atoms with Crippen LogP contribution < -0.4 is 5.32 Å². The van der Waals surface area contributed by atoms with Crippen LogP contribution in [-0.2, 0) is 4.79 Å². The summed E-state index contributed by atoms with van der Waals surface area (Å²) in [5, 5.41) is 23.1. The molecular formula is C10H14N2O4S. The van der Waals surface area contributed by atoms with Crippen molar-refractivity contribution in [3.8, 4) is 0 Å². The molecule has 0 aliphatic heterocycles. The molecule has 0 saturated heterocycles. The predicted molar refractivity (Wildman–Crippen MR) is 62.1 cm³/mol. The number of carboxylic acids is 1. The van der Waals surface area contributed by atoms with Crippen LogP contribution in [0.25, 0.3) is 0 Å². The zero-order valence-electron chi connectivity index (χ0n) is 9.56. The molecule has 1 rings (SSSR count). The number of aryl methyl sites for hydroxylation is 1. The summed E-state index contributed by atoms with van der Waals surface area (Å²) >= 11 is 1.35. The lowest BCUT2D eigenvalue weighted by Crippen LogP contribution is -2.42. The maximum absolute atomic E-state index is 11.6. The van der Waals surface area contributed by atoms with Gasteiger partial charge in [-0.3, -0.25) is 9.59 Å².